The van der Waals surface area contributed by atoms with E-state index in [9.17, 15) is 0 Å². The van der Waals surface area contributed by atoms with Crippen molar-refractivity contribution in [2.75, 3.05) is 0 Å². The van der Waals surface area contributed by atoms with Gasteiger partial charge in [0.2, 0.25) is 0 Å². The molecule has 0 fully saturated rings. The molecule has 0 radical (unpaired) electrons. The minimum Gasteiger partial charge on any atom is -0.258 e. The third-order valence-corrected chi connectivity index (χ3v) is 1.48. The zero-order chi connectivity index (χ0) is 9.40. The van der Waals surface area contributed by atoms with Crippen LogP contribution in [0, 0.1) is 0 Å². The summed E-state index contributed by atoms with van der Waals surface area (Å²) in [6, 6.07) is 0. The van der Waals surface area contributed by atoms with Gasteiger partial charge in [0, 0.05) is 12.4 Å². The summed E-state index contributed by atoms with van der Waals surface area (Å²) < 4.78 is 0. The molecule has 0 saturated carbocycles. The van der Waals surface area contributed by atoms with Gasteiger partial charge < -0.3 is 0 Å². The molecule has 1 rings (SSSR count). The van der Waals surface area contributed by atoms with E-state index < -0.39 is 0 Å². The summed E-state index contributed by atoms with van der Waals surface area (Å²) in [5, 5.41) is 0. The second-order valence-corrected chi connectivity index (χ2v) is 2.21. The van der Waals surface area contributed by atoms with Crippen molar-refractivity contribution in [3.05, 3.63) is 23.8 Å². The van der Waals surface area contributed by atoms with Crippen molar-refractivity contribution >= 4 is 0 Å². The summed E-state index contributed by atoms with van der Waals surface area (Å²) in [5.74, 6) is 0. The van der Waals surface area contributed by atoms with Crippen LogP contribution < -0.4 is 0 Å². The first-order chi connectivity index (χ1) is 5.86. The van der Waals surface area contributed by atoms with Crippen LogP contribution in [0.15, 0.2) is 12.4 Å². The van der Waals surface area contributed by atoms with E-state index in [4.69, 9.17) is 0 Å². The maximum absolute atomic E-state index is 4.21. The number of nitrogens with zero attached hydrogens (tertiary/aromatic N) is 2. The Bertz CT molecular complexity index is 168. The number of hydrogen-bond donors (Lipinski definition) is 0. The third kappa shape index (κ3) is 3.46. The molecular weight excluding hydrogens is 148 g/mol. The summed E-state index contributed by atoms with van der Waals surface area (Å²) in [6.45, 7) is 8.16. The van der Waals surface area contributed by atoms with Crippen LogP contribution in [-0.2, 0) is 12.8 Å². The molecule has 0 unspecified atom stereocenters. The Kier molecular flexibility index (Phi) is 6.25. The molecule has 0 aliphatic rings. The Labute approximate surface area is 75.1 Å². The SMILES string of the molecule is CC.CCc1cnc(CC)cn1. The summed E-state index contributed by atoms with van der Waals surface area (Å²) in [7, 11) is 0. The molecule has 12 heavy (non-hydrogen) atoms. The van der Waals surface area contributed by atoms with Crippen LogP contribution in [-0.4, -0.2) is 9.97 Å². The van der Waals surface area contributed by atoms with E-state index in [1.807, 2.05) is 26.2 Å². The van der Waals surface area contributed by atoms with Crippen LogP contribution in [0.25, 0.3) is 0 Å². The zero-order valence-corrected chi connectivity index (χ0v) is 8.46. The lowest BCUT2D eigenvalue weighted by Gasteiger charge is -1.95. The number of aromatic nitrogens is 2. The number of aryl methyl sites for hydroxylation is 2. The molecule has 0 aromatic carbocycles. The maximum atomic E-state index is 4.21. The minimum atomic E-state index is 0.969. The predicted molar refractivity (Wildman–Crippen MR) is 52.1 cm³/mol. The smallest absolute Gasteiger partial charge is 0.0584 e. The summed E-state index contributed by atoms with van der Waals surface area (Å²) in [6.07, 6.45) is 5.63. The summed E-state index contributed by atoms with van der Waals surface area (Å²) in [4.78, 5) is 8.41. The van der Waals surface area contributed by atoms with E-state index in [0.29, 0.717) is 0 Å². The highest BCUT2D eigenvalue weighted by atomic mass is 14.8. The van der Waals surface area contributed by atoms with Gasteiger partial charge in [-0.3, -0.25) is 9.97 Å². The molecule has 0 aliphatic carbocycles. The van der Waals surface area contributed by atoms with Crippen LogP contribution in [0.1, 0.15) is 39.1 Å². The monoisotopic (exact) mass is 166 g/mol. The Balaban J connectivity index is 0.000000561. The molecule has 0 amide bonds. The largest absolute Gasteiger partial charge is 0.258 e. The average molecular weight is 166 g/mol. The van der Waals surface area contributed by atoms with Crippen molar-refractivity contribution in [3.63, 3.8) is 0 Å². The van der Waals surface area contributed by atoms with E-state index in [-0.39, 0.29) is 0 Å². The quantitative estimate of drug-likeness (QED) is 0.675. The Hall–Kier alpha value is -0.920. The normalized spacial score (nSPS) is 8.67. The Morgan fingerprint density at radius 3 is 1.42 bits per heavy atom. The van der Waals surface area contributed by atoms with Crippen LogP contribution in [0.5, 0.6) is 0 Å². The molecule has 68 valence electrons. The third-order valence-electron chi connectivity index (χ3n) is 1.48. The van der Waals surface area contributed by atoms with Gasteiger partial charge in [-0.1, -0.05) is 27.7 Å². The first-order valence-electron chi connectivity index (χ1n) is 4.66. The number of hydrogen-bond acceptors (Lipinski definition) is 2. The average Bonchev–Trinajstić information content (AvgIpc) is 2.21. The van der Waals surface area contributed by atoms with Crippen molar-refractivity contribution in [1.29, 1.82) is 0 Å². The van der Waals surface area contributed by atoms with Gasteiger partial charge in [0.15, 0.2) is 0 Å². The van der Waals surface area contributed by atoms with E-state index in [2.05, 4.69) is 23.8 Å². The first-order valence-corrected chi connectivity index (χ1v) is 4.66. The molecule has 1 heterocycles. The molecule has 1 aromatic rings. The van der Waals surface area contributed by atoms with E-state index >= 15 is 0 Å². The van der Waals surface area contributed by atoms with Gasteiger partial charge in [-0.25, -0.2) is 0 Å². The standard InChI is InChI=1S/C8H12N2.C2H6/c1-3-7-5-10-8(4-2)6-9-7;1-2/h5-6H,3-4H2,1-2H3;1-2H3. The fourth-order valence-corrected chi connectivity index (χ4v) is 0.747. The van der Waals surface area contributed by atoms with E-state index in [1.54, 1.807) is 0 Å². The molecule has 0 saturated heterocycles. The van der Waals surface area contributed by atoms with Gasteiger partial charge in [0.1, 0.15) is 0 Å². The highest BCUT2D eigenvalue weighted by Crippen LogP contribution is 1.95. The Morgan fingerprint density at radius 2 is 1.25 bits per heavy atom. The Morgan fingerprint density at radius 1 is 0.917 bits per heavy atom. The molecule has 1 aromatic heterocycles. The second-order valence-electron chi connectivity index (χ2n) is 2.21. The molecule has 2 nitrogen and oxygen atoms in total. The van der Waals surface area contributed by atoms with E-state index in [1.165, 1.54) is 0 Å². The summed E-state index contributed by atoms with van der Waals surface area (Å²) >= 11 is 0. The van der Waals surface area contributed by atoms with Gasteiger partial charge in [-0.15, -0.1) is 0 Å². The predicted octanol–water partition coefficient (Wildman–Crippen LogP) is 2.63. The maximum Gasteiger partial charge on any atom is 0.0584 e. The first kappa shape index (κ1) is 11.1. The fraction of sp³-hybridized carbons (Fsp3) is 0.600. The van der Waals surface area contributed by atoms with Crippen molar-refractivity contribution < 1.29 is 0 Å². The molecule has 2 heteroatoms. The van der Waals surface area contributed by atoms with Gasteiger partial charge >= 0.3 is 0 Å². The highest BCUT2D eigenvalue weighted by molar-refractivity contribution is 5.01. The zero-order valence-electron chi connectivity index (χ0n) is 8.46. The number of rotatable bonds is 2. The van der Waals surface area contributed by atoms with Crippen LogP contribution in [0.3, 0.4) is 0 Å². The molecule has 0 spiro atoms. The lowest BCUT2D eigenvalue weighted by Crippen LogP contribution is -1.92. The van der Waals surface area contributed by atoms with Gasteiger partial charge in [0.05, 0.1) is 11.4 Å². The fourth-order valence-electron chi connectivity index (χ4n) is 0.747. The van der Waals surface area contributed by atoms with Gasteiger partial charge in [-0.05, 0) is 12.8 Å². The topological polar surface area (TPSA) is 25.8 Å². The highest BCUT2D eigenvalue weighted by Gasteiger charge is 1.91. The van der Waals surface area contributed by atoms with Gasteiger partial charge in [-0.2, -0.15) is 0 Å². The van der Waals surface area contributed by atoms with Crippen molar-refractivity contribution in [2.45, 2.75) is 40.5 Å². The van der Waals surface area contributed by atoms with E-state index in [0.717, 1.165) is 24.2 Å². The van der Waals surface area contributed by atoms with Crippen molar-refractivity contribution in [2.24, 2.45) is 0 Å². The van der Waals surface area contributed by atoms with Gasteiger partial charge in [0.25, 0.3) is 0 Å². The molecular formula is C10H18N2. The molecule has 0 bridgehead atoms. The molecule has 0 N–H and O–H groups in total. The molecule has 0 aliphatic heterocycles. The van der Waals surface area contributed by atoms with Crippen molar-refractivity contribution in [1.82, 2.24) is 9.97 Å². The van der Waals surface area contributed by atoms with Crippen molar-refractivity contribution in [3.8, 4) is 0 Å². The van der Waals surface area contributed by atoms with Crippen LogP contribution >= 0.6 is 0 Å². The minimum absolute atomic E-state index is 0.969. The second kappa shape index (κ2) is 6.77. The van der Waals surface area contributed by atoms with Crippen LogP contribution in [0.4, 0.5) is 0 Å². The lowest BCUT2D eigenvalue weighted by atomic mass is 10.3. The summed E-state index contributed by atoms with van der Waals surface area (Å²) in [5.41, 5.74) is 2.13. The molecule has 0 atom stereocenters. The van der Waals surface area contributed by atoms with Crippen LogP contribution in [0.2, 0.25) is 0 Å². The lowest BCUT2D eigenvalue weighted by molar-refractivity contribution is 0.936.